The van der Waals surface area contributed by atoms with Crippen molar-refractivity contribution in [3.8, 4) is 0 Å². The SMILES string of the molecule is Cc1cc(N2CCOCC2)ccc1/C=N\NC(=O)CSc1ccc([N+](=O)[O-])cc1. The van der Waals surface area contributed by atoms with Gasteiger partial charge in [-0.15, -0.1) is 11.8 Å². The first kappa shape index (κ1) is 20.8. The Labute approximate surface area is 173 Å². The number of nitrogens with one attached hydrogen (secondary N) is 1. The lowest BCUT2D eigenvalue weighted by Crippen LogP contribution is -2.36. The molecule has 3 rings (SSSR count). The number of non-ortho nitro benzene ring substituents is 1. The molecule has 29 heavy (non-hydrogen) atoms. The standard InChI is InChI=1S/C20H22N4O4S/c1-15-12-18(23-8-10-28-11-9-23)3-2-16(15)13-21-22-20(25)14-29-19-6-4-17(5-7-19)24(26)27/h2-7,12-13H,8-11,14H2,1H3,(H,22,25)/b21-13-. The third kappa shape index (κ3) is 6.03. The van der Waals surface area contributed by atoms with Crippen LogP contribution in [0.3, 0.4) is 0 Å². The molecule has 1 amide bonds. The van der Waals surface area contributed by atoms with Crippen LogP contribution in [0.1, 0.15) is 11.1 Å². The summed E-state index contributed by atoms with van der Waals surface area (Å²) in [7, 11) is 0. The Balaban J connectivity index is 1.48. The number of hydrazone groups is 1. The number of carbonyl (C=O) groups excluding carboxylic acids is 1. The highest BCUT2D eigenvalue weighted by molar-refractivity contribution is 8.00. The van der Waals surface area contributed by atoms with Gasteiger partial charge < -0.3 is 9.64 Å². The van der Waals surface area contributed by atoms with Crippen LogP contribution in [0.4, 0.5) is 11.4 Å². The molecule has 1 N–H and O–H groups in total. The first-order valence-electron chi connectivity index (χ1n) is 9.15. The van der Waals surface area contributed by atoms with Gasteiger partial charge in [0.05, 0.1) is 30.1 Å². The summed E-state index contributed by atoms with van der Waals surface area (Å²) in [6, 6.07) is 12.2. The number of amides is 1. The normalized spacial score (nSPS) is 14.2. The molecule has 0 unspecified atom stereocenters. The number of ether oxygens (including phenoxy) is 1. The van der Waals surface area contributed by atoms with Crippen molar-refractivity contribution in [2.45, 2.75) is 11.8 Å². The Hall–Kier alpha value is -2.91. The molecular formula is C20H22N4O4S. The first-order valence-corrected chi connectivity index (χ1v) is 10.1. The van der Waals surface area contributed by atoms with E-state index in [4.69, 9.17) is 4.74 Å². The molecule has 2 aromatic rings. The monoisotopic (exact) mass is 414 g/mol. The maximum absolute atomic E-state index is 12.0. The number of nitrogens with zero attached hydrogens (tertiary/aromatic N) is 3. The molecule has 0 saturated carbocycles. The molecule has 0 atom stereocenters. The lowest BCUT2D eigenvalue weighted by molar-refractivity contribution is -0.384. The van der Waals surface area contributed by atoms with Crippen LogP contribution in [0.15, 0.2) is 52.5 Å². The van der Waals surface area contributed by atoms with Crippen molar-refractivity contribution in [3.05, 3.63) is 63.7 Å². The van der Waals surface area contributed by atoms with E-state index in [9.17, 15) is 14.9 Å². The number of hydrogen-bond acceptors (Lipinski definition) is 7. The Morgan fingerprint density at radius 2 is 2.00 bits per heavy atom. The van der Waals surface area contributed by atoms with Crippen molar-refractivity contribution in [2.24, 2.45) is 5.10 Å². The molecule has 9 heteroatoms. The van der Waals surface area contributed by atoms with Crippen molar-refractivity contribution in [3.63, 3.8) is 0 Å². The molecule has 1 heterocycles. The number of rotatable bonds is 7. The Morgan fingerprint density at radius 3 is 2.66 bits per heavy atom. The van der Waals surface area contributed by atoms with Crippen molar-refractivity contribution in [1.29, 1.82) is 0 Å². The molecule has 0 aliphatic carbocycles. The Morgan fingerprint density at radius 1 is 1.28 bits per heavy atom. The molecule has 0 radical (unpaired) electrons. The summed E-state index contributed by atoms with van der Waals surface area (Å²) in [4.78, 5) is 25.2. The van der Waals surface area contributed by atoms with Crippen LogP contribution in [0, 0.1) is 17.0 Å². The van der Waals surface area contributed by atoms with Gasteiger partial charge in [0.1, 0.15) is 0 Å². The third-order valence-electron chi connectivity index (χ3n) is 4.44. The minimum absolute atomic E-state index is 0.0263. The second-order valence-corrected chi connectivity index (χ2v) is 7.52. The van der Waals surface area contributed by atoms with Crippen LogP contribution >= 0.6 is 11.8 Å². The van der Waals surface area contributed by atoms with Crippen molar-refractivity contribution < 1.29 is 14.5 Å². The third-order valence-corrected chi connectivity index (χ3v) is 5.45. The van der Waals surface area contributed by atoms with E-state index in [0.29, 0.717) is 0 Å². The van der Waals surface area contributed by atoms with Crippen LogP contribution in [0.25, 0.3) is 0 Å². The molecule has 8 nitrogen and oxygen atoms in total. The molecule has 0 spiro atoms. The average Bonchev–Trinajstić information content (AvgIpc) is 2.74. The topological polar surface area (TPSA) is 97.1 Å². The molecule has 2 aromatic carbocycles. The smallest absolute Gasteiger partial charge is 0.269 e. The van der Waals surface area contributed by atoms with Gasteiger partial charge in [-0.3, -0.25) is 14.9 Å². The summed E-state index contributed by atoms with van der Waals surface area (Å²) in [6.07, 6.45) is 1.63. The fourth-order valence-electron chi connectivity index (χ4n) is 2.84. The number of benzene rings is 2. The number of nitro groups is 1. The maximum Gasteiger partial charge on any atom is 0.269 e. The largest absolute Gasteiger partial charge is 0.378 e. The van der Waals surface area contributed by atoms with Gasteiger partial charge >= 0.3 is 0 Å². The minimum atomic E-state index is -0.453. The number of hydrogen-bond donors (Lipinski definition) is 1. The number of thioether (sulfide) groups is 1. The van der Waals surface area contributed by atoms with Gasteiger partial charge in [-0.05, 0) is 42.3 Å². The Kier molecular flexibility index (Phi) is 7.20. The lowest BCUT2D eigenvalue weighted by Gasteiger charge is -2.29. The fourth-order valence-corrected chi connectivity index (χ4v) is 3.53. The molecule has 0 aromatic heterocycles. The predicted octanol–water partition coefficient (Wildman–Crippen LogP) is 2.98. The summed E-state index contributed by atoms with van der Waals surface area (Å²) < 4.78 is 5.38. The van der Waals surface area contributed by atoms with Crippen LogP contribution in [0.2, 0.25) is 0 Å². The van der Waals surface area contributed by atoms with E-state index in [1.807, 2.05) is 19.1 Å². The zero-order chi connectivity index (χ0) is 20.6. The number of morpholine rings is 1. The average molecular weight is 414 g/mol. The fraction of sp³-hybridized carbons (Fsp3) is 0.300. The zero-order valence-electron chi connectivity index (χ0n) is 16.0. The molecule has 0 bridgehead atoms. The Bertz CT molecular complexity index is 896. The second kappa shape index (κ2) is 10.0. The summed E-state index contributed by atoms with van der Waals surface area (Å²) in [5.74, 6) is -0.0726. The second-order valence-electron chi connectivity index (χ2n) is 6.47. The molecule has 1 aliphatic heterocycles. The number of anilines is 1. The highest BCUT2D eigenvalue weighted by atomic mass is 32.2. The predicted molar refractivity (Wildman–Crippen MR) is 114 cm³/mol. The number of aryl methyl sites for hydroxylation is 1. The maximum atomic E-state index is 12.0. The van der Waals surface area contributed by atoms with E-state index >= 15 is 0 Å². The van der Waals surface area contributed by atoms with Gasteiger partial charge in [-0.1, -0.05) is 6.07 Å². The van der Waals surface area contributed by atoms with Crippen molar-refractivity contribution in [1.82, 2.24) is 5.43 Å². The minimum Gasteiger partial charge on any atom is -0.378 e. The van der Waals surface area contributed by atoms with Gasteiger partial charge in [0.25, 0.3) is 5.69 Å². The summed E-state index contributed by atoms with van der Waals surface area (Å²) in [5.41, 5.74) is 5.71. The highest BCUT2D eigenvalue weighted by Crippen LogP contribution is 2.21. The van der Waals surface area contributed by atoms with Gasteiger partial charge in [0.2, 0.25) is 5.91 Å². The van der Waals surface area contributed by atoms with E-state index in [2.05, 4.69) is 21.5 Å². The summed E-state index contributed by atoms with van der Waals surface area (Å²) in [5, 5.41) is 14.7. The van der Waals surface area contributed by atoms with E-state index in [0.717, 1.165) is 48.0 Å². The van der Waals surface area contributed by atoms with Gasteiger partial charge in [-0.2, -0.15) is 5.10 Å². The van der Waals surface area contributed by atoms with Crippen molar-refractivity contribution in [2.75, 3.05) is 37.0 Å². The quantitative estimate of drug-likeness (QED) is 0.324. The lowest BCUT2D eigenvalue weighted by atomic mass is 10.1. The summed E-state index contributed by atoms with van der Waals surface area (Å²) in [6.45, 7) is 5.26. The van der Waals surface area contributed by atoms with E-state index < -0.39 is 4.92 Å². The molecule has 152 valence electrons. The zero-order valence-corrected chi connectivity index (χ0v) is 16.9. The van der Waals surface area contributed by atoms with Gasteiger partial charge in [-0.25, -0.2) is 5.43 Å². The molecule has 1 aliphatic rings. The van der Waals surface area contributed by atoms with Crippen LogP contribution in [-0.2, 0) is 9.53 Å². The van der Waals surface area contributed by atoms with Gasteiger partial charge in [0.15, 0.2) is 0 Å². The van der Waals surface area contributed by atoms with Crippen LogP contribution < -0.4 is 10.3 Å². The molecule has 1 fully saturated rings. The first-order chi connectivity index (χ1) is 14.0. The summed E-state index contributed by atoms with van der Waals surface area (Å²) >= 11 is 1.29. The van der Waals surface area contributed by atoms with E-state index in [-0.39, 0.29) is 17.3 Å². The van der Waals surface area contributed by atoms with E-state index in [1.165, 1.54) is 23.9 Å². The molecular weight excluding hydrogens is 392 g/mol. The molecule has 1 saturated heterocycles. The number of carbonyl (C=O) groups is 1. The number of nitro benzene ring substituents is 1. The van der Waals surface area contributed by atoms with E-state index in [1.54, 1.807) is 18.3 Å². The van der Waals surface area contributed by atoms with Crippen LogP contribution in [-0.4, -0.2) is 49.1 Å². The van der Waals surface area contributed by atoms with Crippen LogP contribution in [0.5, 0.6) is 0 Å². The van der Waals surface area contributed by atoms with Crippen molar-refractivity contribution >= 4 is 35.3 Å². The highest BCUT2D eigenvalue weighted by Gasteiger charge is 2.12. The van der Waals surface area contributed by atoms with Gasteiger partial charge in [0, 0.05) is 35.8 Å².